The Bertz CT molecular complexity index is 2370. The summed E-state index contributed by atoms with van der Waals surface area (Å²) in [6.07, 6.45) is 3.85. The molecule has 0 radical (unpaired) electrons. The van der Waals surface area contributed by atoms with Gasteiger partial charge in [0.2, 0.25) is 0 Å². The molecule has 0 atom stereocenters. The van der Waals surface area contributed by atoms with E-state index >= 15 is 0 Å². The van der Waals surface area contributed by atoms with Crippen molar-refractivity contribution in [3.63, 3.8) is 0 Å². The van der Waals surface area contributed by atoms with E-state index in [0.29, 0.717) is 0 Å². The van der Waals surface area contributed by atoms with Crippen LogP contribution in [-0.4, -0.2) is 9.13 Å². The lowest BCUT2D eigenvalue weighted by molar-refractivity contribution is 1.11. The zero-order valence-electron chi connectivity index (χ0n) is 25.7. The Hall–Kier alpha value is -6.06. The van der Waals surface area contributed by atoms with Crippen molar-refractivity contribution in [1.29, 1.82) is 0 Å². The third-order valence-electron chi connectivity index (χ3n) is 9.04. The van der Waals surface area contributed by atoms with Gasteiger partial charge in [0.1, 0.15) is 0 Å². The van der Waals surface area contributed by atoms with E-state index in [4.69, 9.17) is 0 Å². The SMILES string of the molecule is C=Cc1cc(C=C)c(-c2c(C)c3ccccc3n2-c2ccc(-n3c4ccccc4c4ccccc43)cc2)cc1Nc1ccccc1. The highest BCUT2D eigenvalue weighted by Gasteiger charge is 2.21. The van der Waals surface area contributed by atoms with Crippen LogP contribution >= 0.6 is 0 Å². The van der Waals surface area contributed by atoms with Crippen molar-refractivity contribution in [3.05, 3.63) is 169 Å². The summed E-state index contributed by atoms with van der Waals surface area (Å²) in [5.74, 6) is 0. The van der Waals surface area contributed by atoms with E-state index in [0.717, 1.165) is 45.1 Å². The van der Waals surface area contributed by atoms with Crippen LogP contribution in [0.15, 0.2) is 153 Å². The minimum Gasteiger partial charge on any atom is -0.355 e. The Morgan fingerprint density at radius 1 is 0.522 bits per heavy atom. The highest BCUT2D eigenvalue weighted by Crippen LogP contribution is 2.41. The fourth-order valence-electron chi connectivity index (χ4n) is 6.91. The average Bonchev–Trinajstić information content (AvgIpc) is 3.60. The van der Waals surface area contributed by atoms with Crippen molar-refractivity contribution in [2.75, 3.05) is 5.32 Å². The van der Waals surface area contributed by atoms with Gasteiger partial charge in [-0.3, -0.25) is 0 Å². The number of nitrogens with one attached hydrogen (secondary N) is 1. The Morgan fingerprint density at radius 3 is 1.61 bits per heavy atom. The Morgan fingerprint density at radius 2 is 1.02 bits per heavy atom. The minimum absolute atomic E-state index is 1.000. The van der Waals surface area contributed by atoms with Crippen LogP contribution in [0.1, 0.15) is 16.7 Å². The van der Waals surface area contributed by atoms with Gasteiger partial charge in [-0.2, -0.15) is 0 Å². The molecule has 0 unspecified atom stereocenters. The maximum Gasteiger partial charge on any atom is 0.0576 e. The van der Waals surface area contributed by atoms with Crippen LogP contribution in [0.2, 0.25) is 0 Å². The number of hydrogen-bond donors (Lipinski definition) is 1. The molecular formula is C43H33N3. The number of para-hydroxylation sites is 4. The predicted octanol–water partition coefficient (Wildman–Crippen LogP) is 11.7. The first kappa shape index (κ1) is 27.5. The maximum absolute atomic E-state index is 4.22. The fraction of sp³-hybridized carbons (Fsp3) is 0.0233. The topological polar surface area (TPSA) is 21.9 Å². The lowest BCUT2D eigenvalue weighted by atomic mass is 9.96. The summed E-state index contributed by atoms with van der Waals surface area (Å²) in [4.78, 5) is 0. The monoisotopic (exact) mass is 591 g/mol. The molecule has 8 rings (SSSR count). The molecule has 1 N–H and O–H groups in total. The van der Waals surface area contributed by atoms with Crippen LogP contribution in [0.3, 0.4) is 0 Å². The minimum atomic E-state index is 1.000. The van der Waals surface area contributed by atoms with Crippen molar-refractivity contribution >= 4 is 56.2 Å². The highest BCUT2D eigenvalue weighted by molar-refractivity contribution is 6.09. The number of nitrogens with zero attached hydrogens (tertiary/aromatic N) is 2. The number of benzene rings is 6. The first-order valence-electron chi connectivity index (χ1n) is 15.6. The summed E-state index contributed by atoms with van der Waals surface area (Å²) in [6, 6.07) is 49.6. The summed E-state index contributed by atoms with van der Waals surface area (Å²) >= 11 is 0. The van der Waals surface area contributed by atoms with Crippen LogP contribution in [-0.2, 0) is 0 Å². The summed E-state index contributed by atoms with van der Waals surface area (Å²) in [7, 11) is 0. The van der Waals surface area contributed by atoms with E-state index < -0.39 is 0 Å². The molecule has 46 heavy (non-hydrogen) atoms. The molecule has 0 bridgehead atoms. The smallest absolute Gasteiger partial charge is 0.0576 e. The quantitative estimate of drug-likeness (QED) is 0.196. The Kier molecular flexibility index (Phi) is 6.66. The molecule has 0 aliphatic carbocycles. The van der Waals surface area contributed by atoms with Crippen molar-refractivity contribution in [2.45, 2.75) is 6.92 Å². The molecule has 0 saturated carbocycles. The van der Waals surface area contributed by atoms with E-state index in [1.165, 1.54) is 38.3 Å². The first-order chi connectivity index (χ1) is 22.7. The zero-order valence-corrected chi connectivity index (χ0v) is 25.7. The van der Waals surface area contributed by atoms with Crippen molar-refractivity contribution < 1.29 is 0 Å². The number of aromatic nitrogens is 2. The van der Waals surface area contributed by atoms with Gasteiger partial charge in [-0.1, -0.05) is 98.1 Å². The van der Waals surface area contributed by atoms with E-state index in [1.54, 1.807) is 0 Å². The third kappa shape index (κ3) is 4.36. The van der Waals surface area contributed by atoms with Gasteiger partial charge in [0.25, 0.3) is 0 Å². The van der Waals surface area contributed by atoms with E-state index in [9.17, 15) is 0 Å². The fourth-order valence-corrected chi connectivity index (χ4v) is 6.91. The molecular weight excluding hydrogens is 558 g/mol. The van der Waals surface area contributed by atoms with E-state index in [2.05, 4.69) is 156 Å². The van der Waals surface area contributed by atoms with Crippen LogP contribution in [0, 0.1) is 6.92 Å². The largest absolute Gasteiger partial charge is 0.355 e. The molecule has 0 spiro atoms. The molecule has 3 heteroatoms. The second kappa shape index (κ2) is 11.1. The molecule has 6 aromatic carbocycles. The van der Waals surface area contributed by atoms with Gasteiger partial charge in [-0.15, -0.1) is 0 Å². The molecule has 8 aromatic rings. The number of anilines is 2. The summed E-state index contributed by atoms with van der Waals surface area (Å²) in [6.45, 7) is 10.6. The standard InChI is InChI=1S/C43H33N3/c1-4-30-27-31(5-2)39(44-32-15-7-6-8-16-32)28-38(30)43-29(3)35-17-9-12-20-40(35)46(43)34-25-23-33(24-26-34)45-41-21-13-10-18-36(41)37-19-11-14-22-42(37)45/h4-28,44H,1-2H2,3H3. The Labute approximate surface area is 269 Å². The Balaban J connectivity index is 1.33. The number of aryl methyl sites for hydroxylation is 1. The van der Waals surface area contributed by atoms with E-state index in [1.807, 2.05) is 30.4 Å². The third-order valence-corrected chi connectivity index (χ3v) is 9.04. The summed E-state index contributed by atoms with van der Waals surface area (Å²) in [5, 5.41) is 7.38. The van der Waals surface area contributed by atoms with E-state index in [-0.39, 0.29) is 0 Å². The molecule has 3 nitrogen and oxygen atoms in total. The molecule has 220 valence electrons. The van der Waals surface area contributed by atoms with Gasteiger partial charge in [-0.25, -0.2) is 0 Å². The van der Waals surface area contributed by atoms with Gasteiger partial charge in [-0.05, 0) is 90.3 Å². The zero-order chi connectivity index (χ0) is 31.2. The second-order valence-electron chi connectivity index (χ2n) is 11.6. The van der Waals surface area contributed by atoms with Gasteiger partial charge in [0.05, 0.1) is 22.2 Å². The second-order valence-corrected chi connectivity index (χ2v) is 11.6. The normalized spacial score (nSPS) is 11.3. The highest BCUT2D eigenvalue weighted by atomic mass is 15.0. The predicted molar refractivity (Wildman–Crippen MR) is 198 cm³/mol. The molecule has 0 saturated heterocycles. The molecule has 0 amide bonds. The lowest BCUT2D eigenvalue weighted by Gasteiger charge is -2.18. The molecule has 2 aromatic heterocycles. The van der Waals surface area contributed by atoms with Gasteiger partial charge in [0, 0.05) is 44.5 Å². The molecule has 2 heterocycles. The number of fused-ring (bicyclic) bond motifs is 4. The van der Waals surface area contributed by atoms with Gasteiger partial charge in [0.15, 0.2) is 0 Å². The van der Waals surface area contributed by atoms with Crippen molar-refractivity contribution in [1.82, 2.24) is 9.13 Å². The van der Waals surface area contributed by atoms with Crippen molar-refractivity contribution in [3.8, 4) is 22.6 Å². The first-order valence-corrected chi connectivity index (χ1v) is 15.6. The molecule has 0 aliphatic rings. The lowest BCUT2D eigenvalue weighted by Crippen LogP contribution is -2.02. The maximum atomic E-state index is 4.22. The molecule has 0 fully saturated rings. The summed E-state index contributed by atoms with van der Waals surface area (Å²) < 4.78 is 4.75. The van der Waals surface area contributed by atoms with Gasteiger partial charge < -0.3 is 14.5 Å². The molecule has 0 aliphatic heterocycles. The van der Waals surface area contributed by atoms with Crippen LogP contribution < -0.4 is 5.32 Å². The van der Waals surface area contributed by atoms with Crippen LogP contribution in [0.4, 0.5) is 11.4 Å². The average molecular weight is 592 g/mol. The number of hydrogen-bond acceptors (Lipinski definition) is 1. The van der Waals surface area contributed by atoms with Crippen LogP contribution in [0.5, 0.6) is 0 Å². The van der Waals surface area contributed by atoms with Crippen molar-refractivity contribution in [2.24, 2.45) is 0 Å². The number of rotatable bonds is 7. The summed E-state index contributed by atoms with van der Waals surface area (Å²) in [5.41, 5.74) is 13.4. The van der Waals surface area contributed by atoms with Crippen LogP contribution in [0.25, 0.3) is 67.5 Å². The van der Waals surface area contributed by atoms with Gasteiger partial charge >= 0.3 is 0 Å².